The van der Waals surface area contributed by atoms with Crippen molar-refractivity contribution < 1.29 is 38.1 Å². The summed E-state index contributed by atoms with van der Waals surface area (Å²) in [6.45, 7) is 8.35. The molecule has 0 aliphatic carbocycles. The molecule has 11 heteroatoms. The van der Waals surface area contributed by atoms with Gasteiger partial charge in [-0.1, -0.05) is 17.7 Å². The second-order valence-corrected chi connectivity index (χ2v) is 9.50. The molecule has 0 aromatic heterocycles. The first-order valence-corrected chi connectivity index (χ1v) is 11.2. The SMILES string of the molecule is Cc1ccc(NC(=O)CNC(=O)CNC(=O)C2OC3OC(C)(C)OC3C3OC(C)(C)OC23)cc1. The quantitative estimate of drug-likeness (QED) is 0.541. The number of benzene rings is 1. The van der Waals surface area contributed by atoms with Crippen molar-refractivity contribution in [1.82, 2.24) is 10.6 Å². The number of carbonyl (C=O) groups excluding carboxylic acids is 3. The Hall–Kier alpha value is -2.57. The van der Waals surface area contributed by atoms with Crippen molar-refractivity contribution in [1.29, 1.82) is 0 Å². The minimum absolute atomic E-state index is 0.234. The molecule has 0 spiro atoms. The first-order valence-electron chi connectivity index (χ1n) is 11.2. The van der Waals surface area contributed by atoms with Gasteiger partial charge in [0.05, 0.1) is 13.1 Å². The van der Waals surface area contributed by atoms with E-state index >= 15 is 0 Å². The van der Waals surface area contributed by atoms with E-state index < -0.39 is 54.1 Å². The summed E-state index contributed by atoms with van der Waals surface area (Å²) < 4.78 is 29.4. The van der Waals surface area contributed by atoms with E-state index in [4.69, 9.17) is 23.7 Å². The van der Waals surface area contributed by atoms with Crippen molar-refractivity contribution in [2.75, 3.05) is 18.4 Å². The van der Waals surface area contributed by atoms with E-state index in [1.54, 1.807) is 39.8 Å². The summed E-state index contributed by atoms with van der Waals surface area (Å²) >= 11 is 0. The number of amides is 3. The van der Waals surface area contributed by atoms with E-state index in [1.807, 2.05) is 19.1 Å². The fourth-order valence-corrected chi connectivity index (χ4v) is 4.17. The molecule has 3 fully saturated rings. The third kappa shape index (κ3) is 5.56. The van der Waals surface area contributed by atoms with Crippen LogP contribution >= 0.6 is 0 Å². The largest absolute Gasteiger partial charge is 0.345 e. The molecule has 3 N–H and O–H groups in total. The maximum atomic E-state index is 12.9. The lowest BCUT2D eigenvalue weighted by atomic mass is 9.98. The summed E-state index contributed by atoms with van der Waals surface area (Å²) in [7, 11) is 0. The van der Waals surface area contributed by atoms with Crippen LogP contribution in [0.25, 0.3) is 0 Å². The average molecular weight is 478 g/mol. The zero-order valence-electron chi connectivity index (χ0n) is 19.9. The molecule has 3 aliphatic rings. The number of anilines is 1. The maximum absolute atomic E-state index is 12.9. The molecular formula is C23H31N3O8. The molecule has 5 unspecified atom stereocenters. The molecule has 3 amide bonds. The van der Waals surface area contributed by atoms with Gasteiger partial charge in [-0.3, -0.25) is 14.4 Å². The van der Waals surface area contributed by atoms with Gasteiger partial charge in [0, 0.05) is 5.69 Å². The number of nitrogens with one attached hydrogen (secondary N) is 3. The Morgan fingerprint density at radius 2 is 1.38 bits per heavy atom. The monoisotopic (exact) mass is 477 g/mol. The van der Waals surface area contributed by atoms with Gasteiger partial charge >= 0.3 is 0 Å². The van der Waals surface area contributed by atoms with Crippen LogP contribution in [0.4, 0.5) is 5.69 Å². The number of hydrogen-bond donors (Lipinski definition) is 3. The van der Waals surface area contributed by atoms with Crippen molar-refractivity contribution in [3.63, 3.8) is 0 Å². The van der Waals surface area contributed by atoms with Crippen LogP contribution in [0.5, 0.6) is 0 Å². The molecule has 1 aromatic carbocycles. The van der Waals surface area contributed by atoms with Crippen LogP contribution in [0.15, 0.2) is 24.3 Å². The van der Waals surface area contributed by atoms with Gasteiger partial charge in [-0.15, -0.1) is 0 Å². The van der Waals surface area contributed by atoms with E-state index in [0.717, 1.165) is 5.56 Å². The highest BCUT2D eigenvalue weighted by atomic mass is 16.9. The van der Waals surface area contributed by atoms with Gasteiger partial charge in [-0.05, 0) is 46.8 Å². The van der Waals surface area contributed by atoms with E-state index in [9.17, 15) is 14.4 Å². The van der Waals surface area contributed by atoms with Gasteiger partial charge in [0.15, 0.2) is 24.0 Å². The number of aryl methyl sites for hydroxylation is 1. The first kappa shape index (κ1) is 24.6. The van der Waals surface area contributed by atoms with Crippen LogP contribution in [0, 0.1) is 6.92 Å². The van der Waals surface area contributed by atoms with Crippen LogP contribution in [-0.4, -0.2) is 73.1 Å². The van der Waals surface area contributed by atoms with Crippen molar-refractivity contribution in [3.05, 3.63) is 29.8 Å². The zero-order valence-corrected chi connectivity index (χ0v) is 19.9. The zero-order chi connectivity index (χ0) is 24.7. The predicted molar refractivity (Wildman–Crippen MR) is 118 cm³/mol. The van der Waals surface area contributed by atoms with Crippen molar-refractivity contribution >= 4 is 23.4 Å². The van der Waals surface area contributed by atoms with Crippen LogP contribution in [0.1, 0.15) is 33.3 Å². The van der Waals surface area contributed by atoms with Gasteiger partial charge in [0.1, 0.15) is 18.3 Å². The molecule has 3 heterocycles. The molecule has 5 atom stereocenters. The maximum Gasteiger partial charge on any atom is 0.252 e. The molecule has 34 heavy (non-hydrogen) atoms. The summed E-state index contributed by atoms with van der Waals surface area (Å²) in [5, 5.41) is 7.69. The Labute approximate surface area is 197 Å². The summed E-state index contributed by atoms with van der Waals surface area (Å²) in [5.74, 6) is -3.30. The molecule has 11 nitrogen and oxygen atoms in total. The Kier molecular flexibility index (Phi) is 6.67. The number of hydrogen-bond acceptors (Lipinski definition) is 8. The minimum Gasteiger partial charge on any atom is -0.345 e. The predicted octanol–water partition coefficient (Wildman–Crippen LogP) is 0.562. The summed E-state index contributed by atoms with van der Waals surface area (Å²) in [4.78, 5) is 37.1. The molecule has 4 rings (SSSR count). The second-order valence-electron chi connectivity index (χ2n) is 9.50. The first-order chi connectivity index (χ1) is 15.9. The third-order valence-corrected chi connectivity index (χ3v) is 5.62. The number of ether oxygens (including phenoxy) is 5. The Morgan fingerprint density at radius 1 is 0.794 bits per heavy atom. The van der Waals surface area contributed by atoms with Gasteiger partial charge in [-0.25, -0.2) is 0 Å². The van der Waals surface area contributed by atoms with Crippen LogP contribution in [0.2, 0.25) is 0 Å². The highest BCUT2D eigenvalue weighted by molar-refractivity contribution is 5.95. The van der Waals surface area contributed by atoms with E-state index in [1.165, 1.54) is 0 Å². The number of rotatable bonds is 6. The topological polar surface area (TPSA) is 133 Å². The lowest BCUT2D eigenvalue weighted by Gasteiger charge is -2.36. The molecule has 186 valence electrons. The van der Waals surface area contributed by atoms with Crippen molar-refractivity contribution in [3.8, 4) is 0 Å². The molecule has 0 radical (unpaired) electrons. The molecule has 0 saturated carbocycles. The fraction of sp³-hybridized carbons (Fsp3) is 0.609. The molecule has 1 aromatic rings. The van der Waals surface area contributed by atoms with Gasteiger partial charge < -0.3 is 39.6 Å². The van der Waals surface area contributed by atoms with Crippen LogP contribution in [0.3, 0.4) is 0 Å². The van der Waals surface area contributed by atoms with Gasteiger partial charge in [0.2, 0.25) is 11.8 Å². The van der Waals surface area contributed by atoms with Gasteiger partial charge in [0.25, 0.3) is 5.91 Å². The summed E-state index contributed by atoms with van der Waals surface area (Å²) in [6, 6.07) is 7.28. The van der Waals surface area contributed by atoms with Crippen molar-refractivity contribution in [2.45, 2.75) is 76.9 Å². The van der Waals surface area contributed by atoms with E-state index in [2.05, 4.69) is 16.0 Å². The number of carbonyl (C=O) groups is 3. The standard InChI is InChI=1S/C23H31N3O8/c1-12-6-8-13(9-7-12)26-15(28)11-24-14(27)10-25-20(29)18-16-17(32-22(2,3)31-16)19-21(30-18)34-23(4,5)33-19/h6-9,16-19,21H,10-11H2,1-5H3,(H,24,27)(H,25,29)(H,26,28). The van der Waals surface area contributed by atoms with E-state index in [0.29, 0.717) is 5.69 Å². The minimum atomic E-state index is -1.07. The molecular weight excluding hydrogens is 446 g/mol. The lowest BCUT2D eigenvalue weighted by Crippen LogP contribution is -2.60. The third-order valence-electron chi connectivity index (χ3n) is 5.62. The smallest absolute Gasteiger partial charge is 0.252 e. The normalized spacial score (nSPS) is 30.7. The Morgan fingerprint density at radius 3 is 2.09 bits per heavy atom. The van der Waals surface area contributed by atoms with Crippen LogP contribution in [-0.2, 0) is 38.1 Å². The Bertz CT molecular complexity index is 948. The van der Waals surface area contributed by atoms with Crippen LogP contribution < -0.4 is 16.0 Å². The van der Waals surface area contributed by atoms with Crippen molar-refractivity contribution in [2.24, 2.45) is 0 Å². The van der Waals surface area contributed by atoms with Gasteiger partial charge in [-0.2, -0.15) is 0 Å². The Balaban J connectivity index is 1.28. The second kappa shape index (κ2) is 9.23. The lowest BCUT2D eigenvalue weighted by molar-refractivity contribution is -0.231. The molecule has 3 aliphatic heterocycles. The molecule has 0 bridgehead atoms. The fourth-order valence-electron chi connectivity index (χ4n) is 4.17. The molecule has 3 saturated heterocycles. The number of fused-ring (bicyclic) bond motifs is 3. The summed E-state index contributed by atoms with van der Waals surface area (Å²) in [6.07, 6.45) is -3.75. The van der Waals surface area contributed by atoms with E-state index in [-0.39, 0.29) is 19.0 Å². The summed E-state index contributed by atoms with van der Waals surface area (Å²) in [5.41, 5.74) is 1.70. The highest BCUT2D eigenvalue weighted by Gasteiger charge is 2.62. The average Bonchev–Trinajstić information content (AvgIpc) is 3.25. The highest BCUT2D eigenvalue weighted by Crippen LogP contribution is 2.44.